The second kappa shape index (κ2) is 11.5. The summed E-state index contributed by atoms with van der Waals surface area (Å²) in [6, 6.07) is 7.15. The SMILES string of the molecule is CCC[Si@H]1CC[C@H](CC[C@H]2CC[C@H](c3cc(F)c(OCC(F)F)c(F)c3)CC2)CC1. The molecule has 1 heterocycles. The largest absolute Gasteiger partial charge is 0.482 e. The van der Waals surface area contributed by atoms with Crippen LogP contribution in [0.1, 0.15) is 76.2 Å². The average Bonchev–Trinajstić information content (AvgIpc) is 2.73. The molecule has 1 nitrogen and oxygen atoms in total. The highest BCUT2D eigenvalue weighted by atomic mass is 28.3. The van der Waals surface area contributed by atoms with Gasteiger partial charge in [0.1, 0.15) is 6.61 Å². The van der Waals surface area contributed by atoms with Crippen molar-refractivity contribution in [2.45, 2.75) is 95.2 Å². The number of alkyl halides is 2. The van der Waals surface area contributed by atoms with Crippen molar-refractivity contribution >= 4 is 8.80 Å². The summed E-state index contributed by atoms with van der Waals surface area (Å²) in [4.78, 5) is 0. The zero-order chi connectivity index (χ0) is 21.5. The van der Waals surface area contributed by atoms with Crippen LogP contribution < -0.4 is 4.74 Å². The predicted octanol–water partition coefficient (Wildman–Crippen LogP) is 7.71. The van der Waals surface area contributed by atoms with Crippen LogP contribution in [0.2, 0.25) is 18.1 Å². The summed E-state index contributed by atoms with van der Waals surface area (Å²) in [6.45, 7) is 1.31. The van der Waals surface area contributed by atoms with Crippen LogP contribution in [0.4, 0.5) is 17.6 Å². The summed E-state index contributed by atoms with van der Waals surface area (Å²) >= 11 is 0. The minimum Gasteiger partial charge on any atom is -0.482 e. The van der Waals surface area contributed by atoms with Crippen molar-refractivity contribution in [2.75, 3.05) is 6.61 Å². The third-order valence-electron chi connectivity index (χ3n) is 7.34. The van der Waals surface area contributed by atoms with Crippen LogP contribution in [0.25, 0.3) is 0 Å². The maximum atomic E-state index is 14.2. The molecule has 0 aromatic heterocycles. The normalized spacial score (nSPS) is 27.4. The highest BCUT2D eigenvalue weighted by Crippen LogP contribution is 2.40. The molecule has 170 valence electrons. The highest BCUT2D eigenvalue weighted by Gasteiger charge is 2.27. The van der Waals surface area contributed by atoms with E-state index in [-0.39, 0.29) is 5.92 Å². The van der Waals surface area contributed by atoms with Gasteiger partial charge >= 0.3 is 0 Å². The molecule has 0 amide bonds. The van der Waals surface area contributed by atoms with Gasteiger partial charge in [0.15, 0.2) is 17.4 Å². The van der Waals surface area contributed by atoms with Gasteiger partial charge in [-0.25, -0.2) is 17.6 Å². The second-order valence-electron chi connectivity index (χ2n) is 9.49. The molecule has 2 aliphatic rings. The lowest BCUT2D eigenvalue weighted by molar-refractivity contribution is 0.0777. The van der Waals surface area contributed by atoms with Gasteiger partial charge in [0.25, 0.3) is 6.43 Å². The van der Waals surface area contributed by atoms with E-state index < -0.39 is 39.2 Å². The Morgan fingerprint density at radius 3 is 2.03 bits per heavy atom. The van der Waals surface area contributed by atoms with E-state index in [1.807, 2.05) is 0 Å². The molecule has 0 spiro atoms. The zero-order valence-corrected chi connectivity index (χ0v) is 19.3. The summed E-state index contributed by atoms with van der Waals surface area (Å²) in [7, 11) is -0.396. The molecular formula is C24H36F4OSi. The fourth-order valence-corrected chi connectivity index (χ4v) is 9.14. The molecule has 0 unspecified atom stereocenters. The van der Waals surface area contributed by atoms with E-state index in [1.165, 1.54) is 50.3 Å². The quantitative estimate of drug-likeness (QED) is 0.280. The minimum absolute atomic E-state index is 0.143. The van der Waals surface area contributed by atoms with Crippen LogP contribution >= 0.6 is 0 Å². The van der Waals surface area contributed by atoms with Gasteiger partial charge in [-0.3, -0.25) is 0 Å². The van der Waals surface area contributed by atoms with Gasteiger partial charge in [-0.15, -0.1) is 0 Å². The van der Waals surface area contributed by atoms with Gasteiger partial charge in [0.05, 0.1) is 0 Å². The third-order valence-corrected chi connectivity index (χ3v) is 11.0. The molecule has 1 saturated heterocycles. The molecule has 2 fully saturated rings. The first-order valence-corrected chi connectivity index (χ1v) is 14.3. The maximum Gasteiger partial charge on any atom is 0.272 e. The molecule has 1 aliphatic heterocycles. The lowest BCUT2D eigenvalue weighted by Gasteiger charge is -2.32. The van der Waals surface area contributed by atoms with Crippen molar-refractivity contribution in [3.63, 3.8) is 0 Å². The summed E-state index contributed by atoms with van der Waals surface area (Å²) < 4.78 is 57.5. The van der Waals surface area contributed by atoms with Gasteiger partial charge in [-0.05, 0) is 61.1 Å². The Labute approximate surface area is 180 Å². The molecule has 3 rings (SSSR count). The summed E-state index contributed by atoms with van der Waals surface area (Å²) in [5.74, 6) is -0.651. The van der Waals surface area contributed by atoms with Crippen LogP contribution in [0.5, 0.6) is 5.75 Å². The van der Waals surface area contributed by atoms with Crippen LogP contribution in [0.3, 0.4) is 0 Å². The van der Waals surface area contributed by atoms with E-state index in [9.17, 15) is 17.6 Å². The van der Waals surface area contributed by atoms with Crippen molar-refractivity contribution in [1.82, 2.24) is 0 Å². The number of rotatable bonds is 9. The molecule has 30 heavy (non-hydrogen) atoms. The monoisotopic (exact) mass is 444 g/mol. The first kappa shape index (κ1) is 23.6. The lowest BCUT2D eigenvalue weighted by Crippen LogP contribution is -2.22. The van der Waals surface area contributed by atoms with Gasteiger partial charge in [0, 0.05) is 8.80 Å². The van der Waals surface area contributed by atoms with Gasteiger partial charge in [0.2, 0.25) is 0 Å². The standard InChI is InChI=1S/C24H36F4OSi/c1-2-11-30-12-9-18(10-13-30)4-3-17-5-7-19(8-6-17)20-14-21(25)24(22(26)15-20)29-16-23(27)28/h14-15,17-19,23,30H,2-13,16H2,1H3/t17-,18-,19-,30-. The Bertz CT molecular complexity index is 630. The Balaban J connectivity index is 1.43. The van der Waals surface area contributed by atoms with Crippen molar-refractivity contribution < 1.29 is 22.3 Å². The lowest BCUT2D eigenvalue weighted by atomic mass is 9.76. The third kappa shape index (κ3) is 6.73. The second-order valence-corrected chi connectivity index (χ2v) is 13.0. The van der Waals surface area contributed by atoms with E-state index in [2.05, 4.69) is 11.7 Å². The molecule has 1 aromatic carbocycles. The van der Waals surface area contributed by atoms with Crippen molar-refractivity contribution in [3.05, 3.63) is 29.3 Å². The number of benzene rings is 1. The number of hydrogen-bond acceptors (Lipinski definition) is 1. The van der Waals surface area contributed by atoms with Crippen LogP contribution in [0.15, 0.2) is 12.1 Å². The molecule has 1 aromatic rings. The zero-order valence-electron chi connectivity index (χ0n) is 18.2. The molecule has 0 bridgehead atoms. The van der Waals surface area contributed by atoms with E-state index in [0.29, 0.717) is 5.56 Å². The average molecular weight is 445 g/mol. The topological polar surface area (TPSA) is 9.23 Å². The molecule has 0 radical (unpaired) electrons. The fourth-order valence-electron chi connectivity index (χ4n) is 5.57. The molecule has 6 heteroatoms. The molecular weight excluding hydrogens is 408 g/mol. The van der Waals surface area contributed by atoms with E-state index in [1.54, 1.807) is 12.1 Å². The van der Waals surface area contributed by atoms with Gasteiger partial charge < -0.3 is 4.74 Å². The van der Waals surface area contributed by atoms with Gasteiger partial charge in [-0.1, -0.05) is 57.2 Å². The summed E-state index contributed by atoms with van der Waals surface area (Å²) in [5.41, 5.74) is 0.632. The van der Waals surface area contributed by atoms with Crippen LogP contribution in [-0.2, 0) is 0 Å². The van der Waals surface area contributed by atoms with E-state index in [4.69, 9.17) is 0 Å². The predicted molar refractivity (Wildman–Crippen MR) is 116 cm³/mol. The van der Waals surface area contributed by atoms with Crippen molar-refractivity contribution in [1.29, 1.82) is 0 Å². The van der Waals surface area contributed by atoms with E-state index >= 15 is 0 Å². The Kier molecular flexibility index (Phi) is 9.08. The van der Waals surface area contributed by atoms with Crippen molar-refractivity contribution in [3.8, 4) is 5.75 Å². The highest BCUT2D eigenvalue weighted by molar-refractivity contribution is 6.58. The minimum atomic E-state index is -2.76. The summed E-state index contributed by atoms with van der Waals surface area (Å²) in [5, 5.41) is 0. The maximum absolute atomic E-state index is 14.2. The smallest absolute Gasteiger partial charge is 0.272 e. The Morgan fingerprint density at radius 1 is 0.933 bits per heavy atom. The number of halogens is 4. The van der Waals surface area contributed by atoms with E-state index in [0.717, 1.165) is 37.5 Å². The van der Waals surface area contributed by atoms with Crippen LogP contribution in [0, 0.1) is 23.5 Å². The Morgan fingerprint density at radius 2 is 1.50 bits per heavy atom. The molecule has 1 saturated carbocycles. The first-order valence-electron chi connectivity index (χ1n) is 11.9. The number of ether oxygens (including phenoxy) is 1. The summed E-state index contributed by atoms with van der Waals surface area (Å²) in [6.07, 6.45) is 8.25. The molecule has 1 aliphatic carbocycles. The van der Waals surface area contributed by atoms with Crippen molar-refractivity contribution in [2.24, 2.45) is 11.8 Å². The Hall–Kier alpha value is -1.04. The first-order chi connectivity index (χ1) is 14.5. The number of hydrogen-bond donors (Lipinski definition) is 0. The molecule has 0 N–H and O–H groups in total. The van der Waals surface area contributed by atoms with Crippen LogP contribution in [-0.4, -0.2) is 21.8 Å². The molecule has 0 atom stereocenters. The van der Waals surface area contributed by atoms with Gasteiger partial charge in [-0.2, -0.15) is 0 Å². The fraction of sp³-hybridized carbons (Fsp3) is 0.750.